The normalized spacial score (nSPS) is 16.3. The molecule has 1 saturated heterocycles. The summed E-state index contributed by atoms with van der Waals surface area (Å²) in [6.45, 7) is 3.39. The molecule has 0 aromatic carbocycles. The van der Waals surface area contributed by atoms with Crippen molar-refractivity contribution in [1.29, 1.82) is 0 Å². The number of nitrogens with zero attached hydrogens (tertiary/aromatic N) is 2. The molecule has 1 aliphatic rings. The predicted octanol–water partition coefficient (Wildman–Crippen LogP) is 1.47. The third kappa shape index (κ3) is 4.31. The van der Waals surface area contributed by atoms with Gasteiger partial charge in [-0.2, -0.15) is 0 Å². The molecule has 21 heavy (non-hydrogen) atoms. The zero-order valence-corrected chi connectivity index (χ0v) is 13.6. The van der Waals surface area contributed by atoms with Gasteiger partial charge in [-0.3, -0.25) is 4.79 Å². The molecule has 0 aliphatic carbocycles. The fourth-order valence-electron chi connectivity index (χ4n) is 2.61. The zero-order valence-electron chi connectivity index (χ0n) is 12.8. The Hall–Kier alpha value is -1.35. The summed E-state index contributed by atoms with van der Waals surface area (Å²) in [5.41, 5.74) is 6.19. The Bertz CT molecular complexity index is 535. The number of hydrogen-bond acceptors (Lipinski definition) is 4. The van der Waals surface area contributed by atoms with Gasteiger partial charge in [0.2, 0.25) is 0 Å². The molecule has 0 unspecified atom stereocenters. The van der Waals surface area contributed by atoms with Crippen LogP contribution >= 0.6 is 11.3 Å². The lowest BCUT2D eigenvalue weighted by molar-refractivity contribution is 0.0751. The monoisotopic (exact) mass is 305 g/mol. The molecule has 2 rings (SSSR count). The maximum atomic E-state index is 12.6. The van der Waals surface area contributed by atoms with E-state index in [4.69, 9.17) is 5.73 Å². The number of piperidine rings is 1. The molecule has 0 radical (unpaired) electrons. The van der Waals surface area contributed by atoms with Crippen molar-refractivity contribution < 1.29 is 4.79 Å². The lowest BCUT2D eigenvalue weighted by atomic mass is 9.96. The van der Waals surface area contributed by atoms with Gasteiger partial charge < -0.3 is 15.5 Å². The summed E-state index contributed by atoms with van der Waals surface area (Å²) in [6, 6.07) is 1.89. The van der Waals surface area contributed by atoms with Crippen molar-refractivity contribution in [3.63, 3.8) is 0 Å². The largest absolute Gasteiger partial charge is 0.341 e. The first-order chi connectivity index (χ1) is 10.1. The highest BCUT2D eigenvalue weighted by Crippen LogP contribution is 2.21. The second-order valence-corrected chi connectivity index (χ2v) is 6.52. The molecule has 0 saturated carbocycles. The molecule has 4 nitrogen and oxygen atoms in total. The van der Waals surface area contributed by atoms with Gasteiger partial charge in [-0.05, 0) is 50.3 Å². The summed E-state index contributed by atoms with van der Waals surface area (Å²) in [4.78, 5) is 17.5. The molecule has 0 spiro atoms. The van der Waals surface area contributed by atoms with Crippen molar-refractivity contribution in [2.24, 2.45) is 11.7 Å². The standard InChI is InChI=1S/C16H23N3OS/c1-18-9-5-13(6-10-18)12-19(2)16(20)15-14(4-3-8-17)7-11-21-15/h7,11,13H,5-6,8-10,12,17H2,1-2H3. The van der Waals surface area contributed by atoms with Gasteiger partial charge in [-0.15, -0.1) is 11.3 Å². The molecule has 1 amide bonds. The topological polar surface area (TPSA) is 49.6 Å². The van der Waals surface area contributed by atoms with Gasteiger partial charge >= 0.3 is 0 Å². The molecule has 1 aromatic heterocycles. The van der Waals surface area contributed by atoms with Gasteiger partial charge in [0.15, 0.2) is 0 Å². The Morgan fingerprint density at radius 3 is 2.90 bits per heavy atom. The number of carbonyl (C=O) groups excluding carboxylic acids is 1. The SMILES string of the molecule is CN1CCC(CN(C)C(=O)c2sccc2C#CCN)CC1. The van der Waals surface area contributed by atoms with Gasteiger partial charge in [0.25, 0.3) is 5.91 Å². The van der Waals surface area contributed by atoms with E-state index >= 15 is 0 Å². The summed E-state index contributed by atoms with van der Waals surface area (Å²) in [5, 5.41) is 1.91. The molecule has 1 aromatic rings. The molecule has 2 heterocycles. The van der Waals surface area contributed by atoms with Gasteiger partial charge in [-0.25, -0.2) is 0 Å². The van der Waals surface area contributed by atoms with E-state index in [0.717, 1.165) is 30.1 Å². The van der Waals surface area contributed by atoms with E-state index in [1.54, 1.807) is 0 Å². The number of carbonyl (C=O) groups is 1. The van der Waals surface area contributed by atoms with Gasteiger partial charge in [0.1, 0.15) is 4.88 Å². The molecule has 1 fully saturated rings. The molecule has 5 heteroatoms. The number of amides is 1. The number of hydrogen-bond donors (Lipinski definition) is 1. The van der Waals surface area contributed by atoms with Crippen molar-refractivity contribution >= 4 is 17.2 Å². The van der Waals surface area contributed by atoms with Crippen molar-refractivity contribution in [2.75, 3.05) is 40.3 Å². The predicted molar refractivity (Wildman–Crippen MR) is 87.4 cm³/mol. The second kappa shape index (κ2) is 7.60. The zero-order chi connectivity index (χ0) is 15.2. The van der Waals surface area contributed by atoms with Crippen LogP contribution in [0, 0.1) is 17.8 Å². The summed E-state index contributed by atoms with van der Waals surface area (Å²) >= 11 is 1.46. The van der Waals surface area contributed by atoms with Crippen LogP contribution < -0.4 is 5.73 Å². The quantitative estimate of drug-likeness (QED) is 0.861. The Morgan fingerprint density at radius 2 is 2.24 bits per heavy atom. The van der Waals surface area contributed by atoms with Crippen LogP contribution in [-0.4, -0.2) is 56.0 Å². The van der Waals surface area contributed by atoms with E-state index in [-0.39, 0.29) is 5.91 Å². The molecular formula is C16H23N3OS. The van der Waals surface area contributed by atoms with Crippen LogP contribution in [0.3, 0.4) is 0 Å². The Balaban J connectivity index is 1.98. The van der Waals surface area contributed by atoms with E-state index in [1.165, 1.54) is 24.2 Å². The number of rotatable bonds is 3. The van der Waals surface area contributed by atoms with Crippen molar-refractivity contribution in [1.82, 2.24) is 9.80 Å². The average molecular weight is 305 g/mol. The third-order valence-electron chi connectivity index (χ3n) is 3.90. The molecule has 0 atom stereocenters. The fourth-order valence-corrected chi connectivity index (χ4v) is 3.45. The van der Waals surface area contributed by atoms with Crippen LogP contribution in [0.15, 0.2) is 11.4 Å². The highest BCUT2D eigenvalue weighted by molar-refractivity contribution is 7.12. The minimum absolute atomic E-state index is 0.0743. The van der Waals surface area contributed by atoms with Crippen LogP contribution in [0.4, 0.5) is 0 Å². The van der Waals surface area contributed by atoms with Crippen LogP contribution in [-0.2, 0) is 0 Å². The van der Waals surface area contributed by atoms with Crippen LogP contribution in [0.1, 0.15) is 28.1 Å². The minimum atomic E-state index is 0.0743. The van der Waals surface area contributed by atoms with Crippen molar-refractivity contribution in [2.45, 2.75) is 12.8 Å². The number of likely N-dealkylation sites (tertiary alicyclic amines) is 1. The van der Waals surface area contributed by atoms with E-state index < -0.39 is 0 Å². The highest BCUT2D eigenvalue weighted by Gasteiger charge is 2.22. The smallest absolute Gasteiger partial charge is 0.264 e. The van der Waals surface area contributed by atoms with Crippen LogP contribution in [0.25, 0.3) is 0 Å². The van der Waals surface area contributed by atoms with Gasteiger partial charge in [0.05, 0.1) is 6.54 Å². The van der Waals surface area contributed by atoms with Gasteiger partial charge in [0, 0.05) is 19.2 Å². The maximum absolute atomic E-state index is 12.6. The van der Waals surface area contributed by atoms with E-state index in [1.807, 2.05) is 23.4 Å². The number of nitrogens with two attached hydrogens (primary N) is 1. The molecule has 114 valence electrons. The van der Waals surface area contributed by atoms with E-state index in [2.05, 4.69) is 23.8 Å². The summed E-state index contributed by atoms with van der Waals surface area (Å²) < 4.78 is 0. The summed E-state index contributed by atoms with van der Waals surface area (Å²) in [6.07, 6.45) is 2.33. The van der Waals surface area contributed by atoms with Crippen LogP contribution in [0.2, 0.25) is 0 Å². The first-order valence-corrected chi connectivity index (χ1v) is 8.20. The second-order valence-electron chi connectivity index (χ2n) is 5.60. The lowest BCUT2D eigenvalue weighted by Crippen LogP contribution is -2.37. The van der Waals surface area contributed by atoms with Crippen molar-refractivity contribution in [3.8, 4) is 11.8 Å². The highest BCUT2D eigenvalue weighted by atomic mass is 32.1. The average Bonchev–Trinajstić information content (AvgIpc) is 2.95. The Labute approximate surface area is 130 Å². The minimum Gasteiger partial charge on any atom is -0.341 e. The number of thiophene rings is 1. The summed E-state index contributed by atoms with van der Waals surface area (Å²) in [7, 11) is 4.04. The molecule has 2 N–H and O–H groups in total. The van der Waals surface area contributed by atoms with Crippen molar-refractivity contribution in [3.05, 3.63) is 21.9 Å². The molecule has 0 bridgehead atoms. The Kier molecular flexibility index (Phi) is 5.80. The summed E-state index contributed by atoms with van der Waals surface area (Å²) in [5.74, 6) is 6.48. The van der Waals surface area contributed by atoms with E-state index in [0.29, 0.717) is 12.5 Å². The third-order valence-corrected chi connectivity index (χ3v) is 4.80. The van der Waals surface area contributed by atoms with E-state index in [9.17, 15) is 4.79 Å². The lowest BCUT2D eigenvalue weighted by Gasteiger charge is -2.31. The fraction of sp³-hybridized carbons (Fsp3) is 0.562. The molecular weight excluding hydrogens is 282 g/mol. The first kappa shape index (κ1) is 16.0. The van der Waals surface area contributed by atoms with Gasteiger partial charge in [-0.1, -0.05) is 11.8 Å². The molecule has 1 aliphatic heterocycles. The van der Waals surface area contributed by atoms with Crippen LogP contribution in [0.5, 0.6) is 0 Å². The first-order valence-electron chi connectivity index (χ1n) is 7.32. The Morgan fingerprint density at radius 1 is 1.52 bits per heavy atom. The maximum Gasteiger partial charge on any atom is 0.264 e.